The van der Waals surface area contributed by atoms with E-state index in [1.165, 1.54) is 0 Å². The number of hydrogen-bond acceptors (Lipinski definition) is 2. The van der Waals surface area contributed by atoms with Crippen LogP contribution in [0.3, 0.4) is 0 Å². The van der Waals surface area contributed by atoms with Gasteiger partial charge in [-0.3, -0.25) is 0 Å². The van der Waals surface area contributed by atoms with Crippen LogP contribution < -0.4 is 10.5 Å². The highest BCUT2D eigenvalue weighted by atomic mass is 35.5. The van der Waals surface area contributed by atoms with Gasteiger partial charge in [0.2, 0.25) is 0 Å². The molecule has 2 nitrogen and oxygen atoms in total. The van der Waals surface area contributed by atoms with Gasteiger partial charge in [0.25, 0.3) is 0 Å². The van der Waals surface area contributed by atoms with E-state index in [0.717, 1.165) is 0 Å². The highest BCUT2D eigenvalue weighted by Gasteiger charge is 2.03. The fourth-order valence-corrected chi connectivity index (χ4v) is 1.07. The Labute approximate surface area is 100 Å². The Morgan fingerprint density at radius 2 is 2.14 bits per heavy atom. The Morgan fingerprint density at radius 1 is 1.57 bits per heavy atom. The third-order valence-corrected chi connectivity index (χ3v) is 1.67. The molecule has 14 heavy (non-hydrogen) atoms. The number of para-hydroxylation sites is 1. The van der Waals surface area contributed by atoms with Crippen molar-refractivity contribution in [3.63, 3.8) is 0 Å². The number of rotatable bonds is 3. The number of aryl methyl sites for hydroxylation is 2. The molecule has 0 saturated heterocycles. The van der Waals surface area contributed by atoms with E-state index in [0.29, 0.717) is 11.1 Å². The maximum atomic E-state index is 7.69. The standard InChI is InChI=1S/C11H17NO.ClH/c1-8-5-4-6-9(2)11(8)13-7-10(3)12;/h4-6,10H,7,12H2,1-3H3;1H/i3D3,7D2,10D;. The van der Waals surface area contributed by atoms with Crippen LogP contribution in [0.2, 0.25) is 0 Å². The van der Waals surface area contributed by atoms with E-state index < -0.39 is 19.4 Å². The van der Waals surface area contributed by atoms with E-state index in [9.17, 15) is 0 Å². The summed E-state index contributed by atoms with van der Waals surface area (Å²) in [5.41, 5.74) is 6.61. The molecule has 0 aromatic heterocycles. The highest BCUT2D eigenvalue weighted by Crippen LogP contribution is 2.22. The average molecular weight is 222 g/mol. The Bertz CT molecular complexity index is 454. The Kier molecular flexibility index (Phi) is 2.52. The van der Waals surface area contributed by atoms with Gasteiger partial charge in [-0.05, 0) is 31.8 Å². The molecule has 1 rings (SSSR count). The quantitative estimate of drug-likeness (QED) is 0.851. The van der Waals surface area contributed by atoms with Gasteiger partial charge in [0.15, 0.2) is 0 Å². The topological polar surface area (TPSA) is 35.2 Å². The number of benzene rings is 1. The third kappa shape index (κ3) is 3.56. The van der Waals surface area contributed by atoms with Gasteiger partial charge < -0.3 is 10.5 Å². The van der Waals surface area contributed by atoms with Crippen molar-refractivity contribution in [3.8, 4) is 5.75 Å². The lowest BCUT2D eigenvalue weighted by molar-refractivity contribution is 0.292. The number of ether oxygens (including phenoxy) is 1. The van der Waals surface area contributed by atoms with Crippen molar-refractivity contribution in [1.29, 1.82) is 0 Å². The van der Waals surface area contributed by atoms with Crippen LogP contribution in [0.25, 0.3) is 0 Å². The zero-order valence-corrected chi connectivity index (χ0v) is 8.94. The fourth-order valence-electron chi connectivity index (χ4n) is 1.07. The molecule has 0 bridgehead atoms. The lowest BCUT2D eigenvalue weighted by Crippen LogP contribution is -2.24. The molecule has 0 aliphatic heterocycles. The van der Waals surface area contributed by atoms with Gasteiger partial charge in [0.05, 0.1) is 2.74 Å². The molecule has 1 aromatic carbocycles. The molecule has 0 radical (unpaired) electrons. The van der Waals surface area contributed by atoms with Crippen LogP contribution in [0.4, 0.5) is 0 Å². The van der Waals surface area contributed by atoms with E-state index in [4.69, 9.17) is 18.7 Å². The number of nitrogens with two attached hydrogens (primary N) is 1. The predicted molar refractivity (Wildman–Crippen MR) is 62.3 cm³/mol. The van der Waals surface area contributed by atoms with Crippen LogP contribution in [0.5, 0.6) is 5.75 Å². The summed E-state index contributed by atoms with van der Waals surface area (Å²) < 4.78 is 49.6. The second-order valence-electron chi connectivity index (χ2n) is 2.84. The molecule has 80 valence electrons. The Morgan fingerprint density at radius 3 is 2.64 bits per heavy atom. The van der Waals surface area contributed by atoms with Crippen LogP contribution in [0.15, 0.2) is 18.2 Å². The molecule has 0 fully saturated rings. The van der Waals surface area contributed by atoms with Crippen molar-refractivity contribution in [3.05, 3.63) is 29.3 Å². The van der Waals surface area contributed by atoms with Gasteiger partial charge in [-0.25, -0.2) is 0 Å². The third-order valence-electron chi connectivity index (χ3n) is 1.67. The molecule has 1 unspecified atom stereocenters. The molecule has 1 aromatic rings. The van der Waals surface area contributed by atoms with Crippen molar-refractivity contribution in [2.24, 2.45) is 5.73 Å². The van der Waals surface area contributed by atoms with Crippen LogP contribution in [0, 0.1) is 13.8 Å². The molecule has 0 saturated carbocycles. The minimum absolute atomic E-state index is 0. The van der Waals surface area contributed by atoms with E-state index in [1.807, 2.05) is 0 Å². The first-order chi connectivity index (χ1) is 8.40. The summed E-state index contributed by atoms with van der Waals surface area (Å²) >= 11 is 0. The maximum Gasteiger partial charge on any atom is 0.125 e. The van der Waals surface area contributed by atoms with E-state index in [2.05, 4.69) is 0 Å². The second kappa shape index (κ2) is 5.89. The van der Waals surface area contributed by atoms with Crippen LogP contribution in [-0.4, -0.2) is 12.6 Å². The van der Waals surface area contributed by atoms with E-state index >= 15 is 0 Å². The van der Waals surface area contributed by atoms with Crippen molar-refractivity contribution in [2.75, 3.05) is 6.56 Å². The first-order valence-corrected chi connectivity index (χ1v) is 3.94. The minimum Gasteiger partial charge on any atom is -0.491 e. The van der Waals surface area contributed by atoms with Crippen molar-refractivity contribution >= 4 is 12.4 Å². The summed E-state index contributed by atoms with van der Waals surface area (Å²) in [7, 11) is 0. The summed E-state index contributed by atoms with van der Waals surface area (Å²) in [6.45, 7) is -2.45. The van der Waals surface area contributed by atoms with Gasteiger partial charge in [-0.1, -0.05) is 18.2 Å². The normalized spacial score (nSPS) is 22.2. The van der Waals surface area contributed by atoms with Gasteiger partial charge in [-0.2, -0.15) is 0 Å². The minimum atomic E-state index is -3.01. The molecule has 2 N–H and O–H groups in total. The zero-order valence-electron chi connectivity index (χ0n) is 14.1. The summed E-state index contributed by atoms with van der Waals surface area (Å²) in [6.07, 6.45) is 0. The second-order valence-corrected chi connectivity index (χ2v) is 2.84. The maximum absolute atomic E-state index is 7.69. The van der Waals surface area contributed by atoms with E-state index in [1.54, 1.807) is 32.0 Å². The molecule has 1 atom stereocenters. The summed E-state index contributed by atoms with van der Waals surface area (Å²) in [5, 5.41) is 0. The van der Waals surface area contributed by atoms with Gasteiger partial charge in [0.1, 0.15) is 12.3 Å². The molecular weight excluding hydrogens is 198 g/mol. The fraction of sp³-hybridized carbons (Fsp3) is 0.455. The van der Waals surface area contributed by atoms with Gasteiger partial charge >= 0.3 is 0 Å². The van der Waals surface area contributed by atoms with Gasteiger partial charge in [-0.15, -0.1) is 12.4 Å². The van der Waals surface area contributed by atoms with Gasteiger partial charge in [0, 0.05) is 11.5 Å². The lowest BCUT2D eigenvalue weighted by Gasteiger charge is -2.13. The SMILES string of the molecule is Cl.[2H]C([2H])([2H])C([2H])(N)C([2H])([2H])Oc1c(C)cccc1C. The average Bonchev–Trinajstić information content (AvgIpc) is 2.22. The smallest absolute Gasteiger partial charge is 0.125 e. The largest absolute Gasteiger partial charge is 0.491 e. The van der Waals surface area contributed by atoms with Crippen molar-refractivity contribution in [1.82, 2.24) is 0 Å². The summed E-state index contributed by atoms with van der Waals surface area (Å²) in [5.74, 6) is 0.207. The van der Waals surface area contributed by atoms with Crippen LogP contribution in [-0.2, 0) is 0 Å². The molecule has 3 heteroatoms. The molecule has 0 spiro atoms. The Balaban J connectivity index is 0.00000361. The molecule has 0 aliphatic carbocycles. The summed E-state index contributed by atoms with van der Waals surface area (Å²) in [6, 6.07) is 2.31. The first-order valence-electron chi connectivity index (χ1n) is 6.94. The first kappa shape index (κ1) is 5.99. The van der Waals surface area contributed by atoms with Crippen molar-refractivity contribution < 1.29 is 13.0 Å². The van der Waals surface area contributed by atoms with E-state index in [-0.39, 0.29) is 18.2 Å². The molecular formula is C11H18ClNO. The number of hydrogen-bond donors (Lipinski definition) is 1. The molecule has 0 aliphatic rings. The van der Waals surface area contributed by atoms with Crippen molar-refractivity contribution in [2.45, 2.75) is 26.7 Å². The van der Waals surface area contributed by atoms with Crippen LogP contribution >= 0.6 is 12.4 Å². The lowest BCUT2D eigenvalue weighted by atomic mass is 10.1. The predicted octanol–water partition coefficient (Wildman–Crippen LogP) is 2.45. The monoisotopic (exact) mass is 221 g/mol. The highest BCUT2D eigenvalue weighted by molar-refractivity contribution is 5.85. The number of halogens is 1. The Hall–Kier alpha value is -0.730. The summed E-state index contributed by atoms with van der Waals surface area (Å²) in [4.78, 5) is 0. The van der Waals surface area contributed by atoms with Crippen LogP contribution in [0.1, 0.15) is 26.2 Å². The molecule has 0 amide bonds. The zero-order chi connectivity index (χ0) is 15.1. The molecule has 0 heterocycles.